The first-order valence-corrected chi connectivity index (χ1v) is 17.4. The van der Waals surface area contributed by atoms with Gasteiger partial charge in [0.25, 0.3) is 0 Å². The van der Waals surface area contributed by atoms with Crippen LogP contribution in [-0.4, -0.2) is 4.57 Å². The zero-order valence-electron chi connectivity index (χ0n) is 27.8. The molecule has 2 aromatic heterocycles. The minimum atomic E-state index is 0.867. The van der Waals surface area contributed by atoms with Gasteiger partial charge in [-0.1, -0.05) is 127 Å². The second-order valence-corrected chi connectivity index (χ2v) is 13.0. The molecule has 0 bridgehead atoms. The highest BCUT2D eigenvalue weighted by Crippen LogP contribution is 2.43. The van der Waals surface area contributed by atoms with Gasteiger partial charge < -0.3 is 13.9 Å². The van der Waals surface area contributed by atoms with Crippen molar-refractivity contribution in [3.63, 3.8) is 0 Å². The first-order valence-electron chi connectivity index (χ1n) is 17.4. The Morgan fingerprint density at radius 2 is 0.980 bits per heavy atom. The number of nitrogens with zero attached hydrogens (tertiary/aromatic N) is 2. The van der Waals surface area contributed by atoms with Crippen LogP contribution in [0.1, 0.15) is 0 Å². The van der Waals surface area contributed by atoms with E-state index in [9.17, 15) is 0 Å². The van der Waals surface area contributed by atoms with Crippen LogP contribution in [0, 0.1) is 0 Å². The summed E-state index contributed by atoms with van der Waals surface area (Å²) in [7, 11) is 0. The quantitative estimate of drug-likeness (QED) is 0.178. The first kappa shape index (κ1) is 29.1. The molecular formula is C48H32N2O. The number of benzene rings is 8. The molecule has 0 aliphatic rings. The van der Waals surface area contributed by atoms with Gasteiger partial charge in [-0.3, -0.25) is 0 Å². The van der Waals surface area contributed by atoms with Crippen LogP contribution in [0.3, 0.4) is 0 Å². The van der Waals surface area contributed by atoms with Gasteiger partial charge >= 0.3 is 0 Å². The van der Waals surface area contributed by atoms with Crippen LogP contribution in [0.5, 0.6) is 0 Å². The summed E-state index contributed by atoms with van der Waals surface area (Å²) in [4.78, 5) is 2.32. The summed E-state index contributed by atoms with van der Waals surface area (Å²) >= 11 is 0. The zero-order valence-corrected chi connectivity index (χ0v) is 27.8. The average molecular weight is 653 g/mol. The lowest BCUT2D eigenvalue weighted by atomic mass is 10.0. The topological polar surface area (TPSA) is 21.3 Å². The Bertz CT molecular complexity index is 2850. The van der Waals surface area contributed by atoms with Crippen molar-refractivity contribution in [2.24, 2.45) is 0 Å². The Morgan fingerprint density at radius 3 is 1.82 bits per heavy atom. The van der Waals surface area contributed by atoms with Gasteiger partial charge in [-0.15, -0.1) is 0 Å². The third kappa shape index (κ3) is 4.90. The SMILES string of the molecule is c1ccc(-c2ccc(N(c3cccc(-c4ccc5c(c4)c4ccccc4n5-c4ccccc4)c3)c3cccc4c3oc3ccccc34)cc2)cc1. The molecule has 0 spiro atoms. The van der Waals surface area contributed by atoms with Crippen LogP contribution in [0.15, 0.2) is 199 Å². The van der Waals surface area contributed by atoms with E-state index in [4.69, 9.17) is 4.42 Å². The van der Waals surface area contributed by atoms with Gasteiger partial charge in [0.05, 0.1) is 16.7 Å². The molecular weight excluding hydrogens is 621 g/mol. The number of rotatable bonds is 6. The maximum atomic E-state index is 6.60. The summed E-state index contributed by atoms with van der Waals surface area (Å²) in [5.74, 6) is 0. The van der Waals surface area contributed by atoms with Crippen molar-refractivity contribution in [2.75, 3.05) is 4.90 Å². The largest absolute Gasteiger partial charge is 0.454 e. The molecule has 2 heterocycles. The van der Waals surface area contributed by atoms with Crippen molar-refractivity contribution in [3.05, 3.63) is 194 Å². The first-order chi connectivity index (χ1) is 25.3. The lowest BCUT2D eigenvalue weighted by Crippen LogP contribution is -2.10. The van der Waals surface area contributed by atoms with E-state index in [-0.39, 0.29) is 0 Å². The van der Waals surface area contributed by atoms with E-state index < -0.39 is 0 Å². The Balaban J connectivity index is 1.14. The maximum Gasteiger partial charge on any atom is 0.159 e. The second kappa shape index (κ2) is 11.9. The van der Waals surface area contributed by atoms with Gasteiger partial charge in [-0.2, -0.15) is 0 Å². The van der Waals surface area contributed by atoms with Crippen molar-refractivity contribution >= 4 is 60.8 Å². The standard InChI is InChI=1S/C48H32N2O/c1-3-13-33(14-4-1)34-25-28-38(29-26-34)49(46-23-12-21-42-41-20-8-10-24-47(41)51-48(42)46)39-18-11-15-35(31-39)36-27-30-45-43(32-36)40-19-7-9-22-44(40)50(45)37-16-5-2-6-17-37/h1-32H. The summed E-state index contributed by atoms with van der Waals surface area (Å²) in [6.45, 7) is 0. The predicted molar refractivity (Wildman–Crippen MR) is 214 cm³/mol. The Morgan fingerprint density at radius 1 is 0.373 bits per heavy atom. The van der Waals surface area contributed by atoms with Crippen LogP contribution in [0.25, 0.3) is 71.7 Å². The molecule has 0 N–H and O–H groups in total. The molecule has 0 saturated heterocycles. The smallest absolute Gasteiger partial charge is 0.159 e. The van der Waals surface area contributed by atoms with Gasteiger partial charge in [0.15, 0.2) is 5.58 Å². The molecule has 10 rings (SSSR count). The predicted octanol–water partition coefficient (Wildman–Crippen LogP) is 13.5. The van der Waals surface area contributed by atoms with E-state index in [2.05, 4.69) is 191 Å². The van der Waals surface area contributed by atoms with Crippen LogP contribution in [0.4, 0.5) is 17.1 Å². The highest BCUT2D eigenvalue weighted by atomic mass is 16.3. The van der Waals surface area contributed by atoms with Crippen LogP contribution in [0.2, 0.25) is 0 Å². The lowest BCUT2D eigenvalue weighted by molar-refractivity contribution is 0.669. The summed E-state index contributed by atoms with van der Waals surface area (Å²) in [5, 5.41) is 4.69. The summed E-state index contributed by atoms with van der Waals surface area (Å²) in [5.41, 5.74) is 13.1. The van der Waals surface area contributed by atoms with Crippen molar-refractivity contribution in [1.82, 2.24) is 4.57 Å². The van der Waals surface area contributed by atoms with Gasteiger partial charge in [-0.05, 0) is 89.0 Å². The third-order valence-electron chi connectivity index (χ3n) is 9.98. The fourth-order valence-electron chi connectivity index (χ4n) is 7.60. The van der Waals surface area contributed by atoms with E-state index in [1.165, 1.54) is 38.5 Å². The number of aromatic nitrogens is 1. The lowest BCUT2D eigenvalue weighted by Gasteiger charge is -2.26. The molecule has 0 atom stereocenters. The normalized spacial score (nSPS) is 11.5. The number of hydrogen-bond acceptors (Lipinski definition) is 2. The minimum Gasteiger partial charge on any atom is -0.454 e. The van der Waals surface area contributed by atoms with Gasteiger partial charge in [-0.25, -0.2) is 0 Å². The second-order valence-electron chi connectivity index (χ2n) is 13.0. The zero-order chi connectivity index (χ0) is 33.7. The van der Waals surface area contributed by atoms with Crippen molar-refractivity contribution in [3.8, 4) is 27.9 Å². The molecule has 0 unspecified atom stereocenters. The fourth-order valence-corrected chi connectivity index (χ4v) is 7.60. The third-order valence-corrected chi connectivity index (χ3v) is 9.98. The highest BCUT2D eigenvalue weighted by Gasteiger charge is 2.20. The molecule has 8 aromatic carbocycles. The molecule has 3 heteroatoms. The van der Waals surface area contributed by atoms with Gasteiger partial charge in [0.2, 0.25) is 0 Å². The number of anilines is 3. The summed E-state index contributed by atoms with van der Waals surface area (Å²) < 4.78 is 8.96. The monoisotopic (exact) mass is 652 g/mol. The number of fused-ring (bicyclic) bond motifs is 6. The van der Waals surface area contributed by atoms with Gasteiger partial charge in [0.1, 0.15) is 5.58 Å². The van der Waals surface area contributed by atoms with Gasteiger partial charge in [0, 0.05) is 38.6 Å². The highest BCUT2D eigenvalue weighted by molar-refractivity contribution is 6.11. The van der Waals surface area contributed by atoms with E-state index in [1.807, 2.05) is 12.1 Å². The molecule has 0 radical (unpaired) electrons. The maximum absolute atomic E-state index is 6.60. The molecule has 240 valence electrons. The van der Waals surface area contributed by atoms with Crippen LogP contribution >= 0.6 is 0 Å². The van der Waals surface area contributed by atoms with E-state index in [1.54, 1.807) is 0 Å². The molecule has 51 heavy (non-hydrogen) atoms. The average Bonchev–Trinajstić information content (AvgIpc) is 3.75. The van der Waals surface area contributed by atoms with E-state index in [0.717, 1.165) is 50.3 Å². The Kier molecular flexibility index (Phi) is 6.81. The summed E-state index contributed by atoms with van der Waals surface area (Å²) in [6.07, 6.45) is 0. The molecule has 0 aliphatic heterocycles. The van der Waals surface area contributed by atoms with Crippen LogP contribution < -0.4 is 4.90 Å². The molecule has 0 aliphatic carbocycles. The Labute approximate surface area is 295 Å². The fraction of sp³-hybridized carbons (Fsp3) is 0. The molecule has 10 aromatic rings. The van der Waals surface area contributed by atoms with Crippen molar-refractivity contribution in [2.45, 2.75) is 0 Å². The van der Waals surface area contributed by atoms with Crippen molar-refractivity contribution < 1.29 is 4.42 Å². The number of hydrogen-bond donors (Lipinski definition) is 0. The summed E-state index contributed by atoms with van der Waals surface area (Å²) in [6, 6.07) is 69.1. The number of para-hydroxylation sites is 4. The molecule has 3 nitrogen and oxygen atoms in total. The molecule has 0 saturated carbocycles. The number of furan rings is 1. The minimum absolute atomic E-state index is 0.867. The van der Waals surface area contributed by atoms with E-state index >= 15 is 0 Å². The Hall–Kier alpha value is -6.84. The molecule has 0 amide bonds. The van der Waals surface area contributed by atoms with Crippen LogP contribution in [-0.2, 0) is 0 Å². The van der Waals surface area contributed by atoms with E-state index in [0.29, 0.717) is 0 Å². The molecule has 0 fully saturated rings. The van der Waals surface area contributed by atoms with Crippen molar-refractivity contribution in [1.29, 1.82) is 0 Å².